The number of hydrogen-bond acceptors (Lipinski definition) is 1. The van der Waals surface area contributed by atoms with Crippen molar-refractivity contribution in [2.24, 2.45) is 5.92 Å². The van der Waals surface area contributed by atoms with Crippen molar-refractivity contribution >= 4 is 5.97 Å². The molecule has 0 saturated heterocycles. The normalized spacial score (nSPS) is 16.3. The van der Waals surface area contributed by atoms with E-state index in [9.17, 15) is 9.18 Å². The van der Waals surface area contributed by atoms with Gasteiger partial charge in [-0.15, -0.1) is 0 Å². The van der Waals surface area contributed by atoms with Crippen molar-refractivity contribution in [1.82, 2.24) is 0 Å². The Hall–Kier alpha value is -0.600. The van der Waals surface area contributed by atoms with E-state index in [1.54, 1.807) is 6.92 Å². The summed E-state index contributed by atoms with van der Waals surface area (Å²) in [5.74, 6) is -1.41. The predicted molar refractivity (Wildman–Crippen MR) is 36.6 cm³/mol. The van der Waals surface area contributed by atoms with E-state index < -0.39 is 18.1 Å². The highest BCUT2D eigenvalue weighted by Crippen LogP contribution is 2.12. The van der Waals surface area contributed by atoms with Crippen molar-refractivity contribution < 1.29 is 14.3 Å². The molecule has 0 aromatic heterocycles. The van der Waals surface area contributed by atoms with Gasteiger partial charge in [0, 0.05) is 0 Å². The summed E-state index contributed by atoms with van der Waals surface area (Å²) in [6.07, 6.45) is -0.379. The van der Waals surface area contributed by atoms with Crippen LogP contribution in [0, 0.1) is 5.92 Å². The predicted octanol–water partition coefficient (Wildman–Crippen LogP) is 1.85. The molecule has 0 amide bonds. The summed E-state index contributed by atoms with van der Waals surface area (Å²) in [7, 11) is 0. The molecule has 0 radical (unpaired) electrons. The van der Waals surface area contributed by atoms with E-state index in [0.717, 1.165) is 0 Å². The molecule has 0 fully saturated rings. The highest BCUT2D eigenvalue weighted by atomic mass is 19.1. The fourth-order valence-electron chi connectivity index (χ4n) is 0.834. The van der Waals surface area contributed by atoms with Crippen LogP contribution in [0.25, 0.3) is 0 Å². The molecule has 3 heteroatoms. The highest BCUT2D eigenvalue weighted by Gasteiger charge is 2.17. The highest BCUT2D eigenvalue weighted by molar-refractivity contribution is 5.69. The molecule has 0 aliphatic carbocycles. The second kappa shape index (κ2) is 4.25. The van der Waals surface area contributed by atoms with Crippen LogP contribution in [0.3, 0.4) is 0 Å². The molecule has 0 saturated carbocycles. The van der Waals surface area contributed by atoms with Crippen LogP contribution in [0.4, 0.5) is 4.39 Å². The van der Waals surface area contributed by atoms with Crippen molar-refractivity contribution in [2.45, 2.75) is 32.9 Å². The summed E-state index contributed by atoms with van der Waals surface area (Å²) >= 11 is 0. The molecule has 1 N–H and O–H groups in total. The topological polar surface area (TPSA) is 37.3 Å². The van der Waals surface area contributed by atoms with Crippen molar-refractivity contribution in [2.75, 3.05) is 0 Å². The second-order valence-electron chi connectivity index (χ2n) is 2.46. The average molecular weight is 148 g/mol. The summed E-state index contributed by atoms with van der Waals surface area (Å²) in [4.78, 5) is 10.3. The van der Waals surface area contributed by atoms with E-state index in [2.05, 4.69) is 0 Å². The van der Waals surface area contributed by atoms with Gasteiger partial charge in [-0.3, -0.25) is 4.79 Å². The van der Waals surface area contributed by atoms with Crippen LogP contribution in [0.2, 0.25) is 0 Å². The third kappa shape index (κ3) is 3.43. The Balaban J connectivity index is 3.72. The van der Waals surface area contributed by atoms with Crippen molar-refractivity contribution in [3.8, 4) is 0 Å². The molecule has 2 atom stereocenters. The van der Waals surface area contributed by atoms with E-state index in [-0.39, 0.29) is 6.42 Å². The zero-order valence-electron chi connectivity index (χ0n) is 6.30. The summed E-state index contributed by atoms with van der Waals surface area (Å²) in [5.41, 5.74) is 0. The minimum Gasteiger partial charge on any atom is -0.481 e. The molecule has 60 valence electrons. The molecule has 0 rings (SSSR count). The van der Waals surface area contributed by atoms with Crippen molar-refractivity contribution in [3.05, 3.63) is 0 Å². The molecule has 10 heavy (non-hydrogen) atoms. The molecule has 2 nitrogen and oxygen atoms in total. The number of carboxylic acid groups (broad SMARTS) is 1. The van der Waals surface area contributed by atoms with Gasteiger partial charge in [0.05, 0.1) is 12.1 Å². The fraction of sp³-hybridized carbons (Fsp3) is 0.857. The monoisotopic (exact) mass is 148 g/mol. The van der Waals surface area contributed by atoms with E-state index in [1.807, 2.05) is 0 Å². The first-order valence-electron chi connectivity index (χ1n) is 3.44. The molecule has 0 aliphatic rings. The van der Waals surface area contributed by atoms with Gasteiger partial charge in [-0.2, -0.15) is 0 Å². The molecule has 0 aromatic rings. The van der Waals surface area contributed by atoms with Gasteiger partial charge < -0.3 is 5.11 Å². The second-order valence-corrected chi connectivity index (χ2v) is 2.46. The number of carboxylic acids is 1. The average Bonchev–Trinajstić information content (AvgIpc) is 1.81. The van der Waals surface area contributed by atoms with Gasteiger partial charge in [0.2, 0.25) is 0 Å². The van der Waals surface area contributed by atoms with Crippen LogP contribution in [-0.2, 0) is 4.79 Å². The zero-order chi connectivity index (χ0) is 8.15. The van der Waals surface area contributed by atoms with E-state index in [0.29, 0.717) is 6.42 Å². The number of hydrogen-bond donors (Lipinski definition) is 1. The summed E-state index contributed by atoms with van der Waals surface area (Å²) in [6, 6.07) is 0. The molecule has 2 unspecified atom stereocenters. The van der Waals surface area contributed by atoms with E-state index in [1.165, 1.54) is 6.92 Å². The van der Waals surface area contributed by atoms with Gasteiger partial charge in [-0.25, -0.2) is 4.39 Å². The van der Waals surface area contributed by atoms with Crippen LogP contribution in [0.5, 0.6) is 0 Å². The smallest absolute Gasteiger partial charge is 0.306 e. The SMILES string of the molecule is CCC(CC(C)F)C(=O)O. The largest absolute Gasteiger partial charge is 0.481 e. The van der Waals surface area contributed by atoms with Crippen LogP contribution in [0.15, 0.2) is 0 Å². The maximum absolute atomic E-state index is 12.2. The Morgan fingerprint density at radius 2 is 2.20 bits per heavy atom. The first-order chi connectivity index (χ1) is 4.57. The molecule has 0 spiro atoms. The van der Waals surface area contributed by atoms with Gasteiger partial charge in [-0.1, -0.05) is 6.92 Å². The maximum Gasteiger partial charge on any atom is 0.306 e. The van der Waals surface area contributed by atoms with Gasteiger partial charge in [0.15, 0.2) is 0 Å². The molecular formula is C7H13FO2. The van der Waals surface area contributed by atoms with Gasteiger partial charge in [0.1, 0.15) is 0 Å². The Morgan fingerprint density at radius 1 is 1.70 bits per heavy atom. The van der Waals surface area contributed by atoms with E-state index >= 15 is 0 Å². The van der Waals surface area contributed by atoms with Crippen molar-refractivity contribution in [1.29, 1.82) is 0 Å². The fourth-order valence-corrected chi connectivity index (χ4v) is 0.834. The number of halogens is 1. The minimum atomic E-state index is -1.01. The molecule has 0 aromatic carbocycles. The zero-order valence-corrected chi connectivity index (χ0v) is 6.30. The number of rotatable bonds is 4. The van der Waals surface area contributed by atoms with Crippen LogP contribution < -0.4 is 0 Å². The Morgan fingerprint density at radius 3 is 2.30 bits per heavy atom. The lowest BCUT2D eigenvalue weighted by atomic mass is 10.0. The molecule has 0 heterocycles. The Bertz CT molecular complexity index is 112. The number of alkyl halides is 1. The first kappa shape index (κ1) is 9.40. The van der Waals surface area contributed by atoms with E-state index in [4.69, 9.17) is 5.11 Å². The number of carbonyl (C=O) groups is 1. The Kier molecular flexibility index (Phi) is 4.00. The summed E-state index contributed by atoms with van der Waals surface area (Å²) in [5, 5.41) is 8.46. The van der Waals surface area contributed by atoms with Crippen LogP contribution in [0.1, 0.15) is 26.7 Å². The minimum absolute atomic E-state index is 0.131. The summed E-state index contributed by atoms with van der Waals surface area (Å²) in [6.45, 7) is 3.13. The lowest BCUT2D eigenvalue weighted by molar-refractivity contribution is -0.142. The lowest BCUT2D eigenvalue weighted by Crippen LogP contribution is -2.16. The Labute approximate surface area is 60.1 Å². The molecular weight excluding hydrogens is 135 g/mol. The first-order valence-corrected chi connectivity index (χ1v) is 3.44. The third-order valence-electron chi connectivity index (χ3n) is 1.45. The quantitative estimate of drug-likeness (QED) is 0.660. The van der Waals surface area contributed by atoms with Crippen LogP contribution >= 0.6 is 0 Å². The van der Waals surface area contributed by atoms with Gasteiger partial charge in [0.25, 0.3) is 0 Å². The standard InChI is InChI=1S/C7H13FO2/c1-3-6(7(9)10)4-5(2)8/h5-6H,3-4H2,1-2H3,(H,9,10). The summed E-state index contributed by atoms with van der Waals surface area (Å²) < 4.78 is 12.2. The number of aliphatic carboxylic acids is 1. The lowest BCUT2D eigenvalue weighted by Gasteiger charge is -2.08. The van der Waals surface area contributed by atoms with Crippen molar-refractivity contribution in [3.63, 3.8) is 0 Å². The third-order valence-corrected chi connectivity index (χ3v) is 1.45. The molecule has 0 aliphatic heterocycles. The van der Waals surface area contributed by atoms with Crippen LogP contribution in [-0.4, -0.2) is 17.2 Å². The molecule has 0 bridgehead atoms. The van der Waals surface area contributed by atoms with Gasteiger partial charge in [-0.05, 0) is 19.8 Å². The maximum atomic E-state index is 12.2. The van der Waals surface area contributed by atoms with Gasteiger partial charge >= 0.3 is 5.97 Å².